The molecule has 1 N–H and O–H groups in total. The molecule has 1 aromatic carbocycles. The number of pyridine rings is 1. The Kier molecular flexibility index (Phi) is 5.52. The number of halogens is 1. The van der Waals surface area contributed by atoms with Crippen LogP contribution in [0.1, 0.15) is 22.7 Å². The summed E-state index contributed by atoms with van der Waals surface area (Å²) in [4.78, 5) is 7.83. The third-order valence-electron chi connectivity index (χ3n) is 4.62. The number of hydrogen-bond acceptors (Lipinski definition) is 5. The zero-order chi connectivity index (χ0) is 19.7. The van der Waals surface area contributed by atoms with Gasteiger partial charge in [-0.05, 0) is 58.5 Å². The lowest BCUT2D eigenvalue weighted by Crippen LogP contribution is -2.29. The molecular formula is C20H18BrN3O2S2. The van der Waals surface area contributed by atoms with Crippen LogP contribution in [0.5, 0.6) is 11.5 Å². The van der Waals surface area contributed by atoms with Gasteiger partial charge in [-0.2, -0.15) is 0 Å². The van der Waals surface area contributed by atoms with Crippen molar-refractivity contribution in [2.24, 2.45) is 0 Å². The highest BCUT2D eigenvalue weighted by molar-refractivity contribution is 9.10. The van der Waals surface area contributed by atoms with Crippen molar-refractivity contribution in [1.82, 2.24) is 10.3 Å². The molecule has 2 aromatic heterocycles. The van der Waals surface area contributed by atoms with E-state index in [0.29, 0.717) is 5.11 Å². The van der Waals surface area contributed by atoms with Crippen molar-refractivity contribution < 1.29 is 9.47 Å². The van der Waals surface area contributed by atoms with Gasteiger partial charge in [0.05, 0.1) is 37.7 Å². The quantitative estimate of drug-likeness (QED) is 0.517. The van der Waals surface area contributed by atoms with E-state index < -0.39 is 0 Å². The predicted octanol–water partition coefficient (Wildman–Crippen LogP) is 5.10. The van der Waals surface area contributed by atoms with Gasteiger partial charge in [-0.3, -0.25) is 4.98 Å². The van der Waals surface area contributed by atoms with E-state index in [4.69, 9.17) is 21.7 Å². The average molecular weight is 476 g/mol. The number of hydrogen-bond donors (Lipinski definition) is 1. The Labute approximate surface area is 181 Å². The zero-order valence-electron chi connectivity index (χ0n) is 15.3. The number of thiophene rings is 1. The van der Waals surface area contributed by atoms with Crippen LogP contribution in [0, 0.1) is 0 Å². The van der Waals surface area contributed by atoms with E-state index >= 15 is 0 Å². The first-order valence-corrected chi connectivity index (χ1v) is 10.7. The van der Waals surface area contributed by atoms with Crippen molar-refractivity contribution >= 4 is 50.3 Å². The molecule has 0 spiro atoms. The van der Waals surface area contributed by atoms with Crippen molar-refractivity contribution in [1.29, 1.82) is 0 Å². The van der Waals surface area contributed by atoms with Crippen LogP contribution >= 0.6 is 39.5 Å². The van der Waals surface area contributed by atoms with Crippen LogP contribution in [-0.4, -0.2) is 24.3 Å². The summed E-state index contributed by atoms with van der Waals surface area (Å²) in [5.41, 5.74) is 1.79. The molecule has 3 aromatic rings. The van der Waals surface area contributed by atoms with Crippen LogP contribution < -0.4 is 19.7 Å². The lowest BCUT2D eigenvalue weighted by molar-refractivity contribution is 0.403. The number of ether oxygens (including phenoxy) is 2. The summed E-state index contributed by atoms with van der Waals surface area (Å²) in [6.07, 6.45) is 1.80. The third kappa shape index (κ3) is 3.47. The Morgan fingerprint density at radius 1 is 1.18 bits per heavy atom. The van der Waals surface area contributed by atoms with E-state index in [1.165, 1.54) is 4.88 Å². The molecule has 2 unspecified atom stereocenters. The summed E-state index contributed by atoms with van der Waals surface area (Å²) in [6, 6.07) is 13.6. The van der Waals surface area contributed by atoms with Gasteiger partial charge in [0, 0.05) is 27.0 Å². The maximum Gasteiger partial charge on any atom is 0.174 e. The molecule has 0 radical (unpaired) electrons. The zero-order valence-corrected chi connectivity index (χ0v) is 18.5. The lowest BCUT2D eigenvalue weighted by Gasteiger charge is -2.28. The molecule has 144 valence electrons. The smallest absolute Gasteiger partial charge is 0.174 e. The Balaban J connectivity index is 1.87. The first-order valence-electron chi connectivity index (χ1n) is 8.59. The molecule has 0 saturated carbocycles. The normalized spacial score (nSPS) is 18.8. The standard InChI is InChI=1S/C20H18BrN3O2S2/c1-25-13-6-7-16(26-2)15(10-13)24-19(17-9-12(21)11-28-17)18(23-20(24)27)14-5-3-4-8-22-14/h3-11,18-19H,1-2H3,(H,23,27). The summed E-state index contributed by atoms with van der Waals surface area (Å²) in [6.45, 7) is 0. The average Bonchev–Trinajstić information content (AvgIpc) is 3.30. The van der Waals surface area contributed by atoms with Gasteiger partial charge in [-0.1, -0.05) is 6.07 Å². The molecule has 28 heavy (non-hydrogen) atoms. The van der Waals surface area contributed by atoms with Crippen LogP contribution in [0.3, 0.4) is 0 Å². The van der Waals surface area contributed by atoms with Crippen molar-refractivity contribution in [3.63, 3.8) is 0 Å². The number of rotatable bonds is 5. The van der Waals surface area contributed by atoms with E-state index in [9.17, 15) is 0 Å². The minimum absolute atomic E-state index is 0.0697. The van der Waals surface area contributed by atoms with Crippen molar-refractivity contribution in [3.05, 3.63) is 69.1 Å². The molecule has 0 amide bonds. The second-order valence-corrected chi connectivity index (χ2v) is 8.45. The van der Waals surface area contributed by atoms with Gasteiger partial charge in [-0.15, -0.1) is 11.3 Å². The monoisotopic (exact) mass is 475 g/mol. The van der Waals surface area contributed by atoms with Gasteiger partial charge < -0.3 is 19.7 Å². The summed E-state index contributed by atoms with van der Waals surface area (Å²) in [5.74, 6) is 1.47. The predicted molar refractivity (Wildman–Crippen MR) is 119 cm³/mol. The van der Waals surface area contributed by atoms with Gasteiger partial charge in [0.1, 0.15) is 11.5 Å². The highest BCUT2D eigenvalue weighted by atomic mass is 79.9. The number of anilines is 1. The minimum atomic E-state index is -0.0878. The number of methoxy groups -OCH3 is 2. The van der Waals surface area contributed by atoms with Gasteiger partial charge in [0.25, 0.3) is 0 Å². The molecule has 3 heterocycles. The SMILES string of the molecule is COc1ccc(OC)c(N2C(=S)NC(c3ccccn3)C2c2cc(Br)cs2)c1. The molecule has 1 fully saturated rings. The summed E-state index contributed by atoms with van der Waals surface area (Å²) < 4.78 is 12.1. The molecule has 0 aliphatic carbocycles. The summed E-state index contributed by atoms with van der Waals surface area (Å²) in [5, 5.41) is 6.15. The molecule has 1 aliphatic rings. The van der Waals surface area contributed by atoms with Crippen LogP contribution in [0.4, 0.5) is 5.69 Å². The molecule has 8 heteroatoms. The molecular weight excluding hydrogens is 458 g/mol. The molecule has 2 atom stereocenters. The Hall–Kier alpha value is -2.16. The first-order chi connectivity index (χ1) is 13.6. The fourth-order valence-electron chi connectivity index (χ4n) is 3.37. The number of benzene rings is 1. The van der Waals surface area contributed by atoms with Crippen LogP contribution in [0.2, 0.25) is 0 Å². The molecule has 5 nitrogen and oxygen atoms in total. The van der Waals surface area contributed by atoms with E-state index in [2.05, 4.69) is 42.6 Å². The van der Waals surface area contributed by atoms with Crippen LogP contribution in [0.15, 0.2) is 58.5 Å². The third-order valence-corrected chi connectivity index (χ3v) is 6.70. The highest BCUT2D eigenvalue weighted by Gasteiger charge is 2.42. The lowest BCUT2D eigenvalue weighted by atomic mass is 10.0. The second kappa shape index (κ2) is 8.06. The molecule has 1 saturated heterocycles. The fourth-order valence-corrected chi connectivity index (χ4v) is 5.28. The van der Waals surface area contributed by atoms with E-state index in [0.717, 1.165) is 27.4 Å². The Morgan fingerprint density at radius 3 is 2.68 bits per heavy atom. The number of aromatic nitrogens is 1. The molecule has 0 bridgehead atoms. The van der Waals surface area contributed by atoms with E-state index in [-0.39, 0.29) is 12.1 Å². The van der Waals surface area contributed by atoms with Gasteiger partial charge >= 0.3 is 0 Å². The van der Waals surface area contributed by atoms with Gasteiger partial charge in [-0.25, -0.2) is 0 Å². The summed E-state index contributed by atoms with van der Waals surface area (Å²) in [7, 11) is 3.31. The molecule has 4 rings (SSSR count). The number of nitrogens with one attached hydrogen (secondary N) is 1. The van der Waals surface area contributed by atoms with Gasteiger partial charge in [0.15, 0.2) is 5.11 Å². The van der Waals surface area contributed by atoms with E-state index in [1.54, 1.807) is 31.8 Å². The van der Waals surface area contributed by atoms with Crippen LogP contribution in [0.25, 0.3) is 0 Å². The fraction of sp³-hybridized carbons (Fsp3) is 0.200. The van der Waals surface area contributed by atoms with Crippen LogP contribution in [-0.2, 0) is 0 Å². The number of nitrogens with zero attached hydrogens (tertiary/aromatic N) is 2. The maximum absolute atomic E-state index is 5.75. The highest BCUT2D eigenvalue weighted by Crippen LogP contribution is 2.47. The summed E-state index contributed by atoms with van der Waals surface area (Å²) >= 11 is 11.0. The number of thiocarbonyl (C=S) groups is 1. The van der Waals surface area contributed by atoms with Crippen molar-refractivity contribution in [2.45, 2.75) is 12.1 Å². The molecule has 1 aliphatic heterocycles. The first kappa shape index (κ1) is 19.2. The van der Waals surface area contributed by atoms with Crippen molar-refractivity contribution in [3.8, 4) is 11.5 Å². The van der Waals surface area contributed by atoms with Gasteiger partial charge in [0.2, 0.25) is 0 Å². The second-order valence-electron chi connectivity index (χ2n) is 6.20. The Morgan fingerprint density at radius 2 is 2.04 bits per heavy atom. The Bertz CT molecular complexity index is 996. The minimum Gasteiger partial charge on any atom is -0.497 e. The van der Waals surface area contributed by atoms with E-state index in [1.807, 2.05) is 36.4 Å². The maximum atomic E-state index is 5.75. The van der Waals surface area contributed by atoms with Crippen molar-refractivity contribution in [2.75, 3.05) is 19.1 Å². The topological polar surface area (TPSA) is 46.6 Å². The largest absolute Gasteiger partial charge is 0.497 e.